The average Bonchev–Trinajstić information content (AvgIpc) is 2.77. The predicted molar refractivity (Wildman–Crippen MR) is 80.8 cm³/mol. The summed E-state index contributed by atoms with van der Waals surface area (Å²) >= 11 is 1.58. The second-order valence-electron chi connectivity index (χ2n) is 4.79. The highest BCUT2D eigenvalue weighted by atomic mass is 32.2. The van der Waals surface area contributed by atoms with Gasteiger partial charge in [-0.2, -0.15) is 0 Å². The Kier molecular flexibility index (Phi) is 5.14. The van der Waals surface area contributed by atoms with E-state index in [4.69, 9.17) is 0 Å². The topological polar surface area (TPSA) is 55.6 Å². The van der Waals surface area contributed by atoms with E-state index in [0.29, 0.717) is 0 Å². The molecular formula is C14H21N5S. The lowest BCUT2D eigenvalue weighted by Crippen LogP contribution is -2.20. The Morgan fingerprint density at radius 2 is 2.15 bits per heavy atom. The van der Waals surface area contributed by atoms with Crippen molar-refractivity contribution in [1.82, 2.24) is 25.1 Å². The molecule has 108 valence electrons. The van der Waals surface area contributed by atoms with Crippen LogP contribution < -0.4 is 5.32 Å². The Hall–Kier alpha value is -1.40. The molecule has 0 fully saturated rings. The average molecular weight is 291 g/mol. The minimum absolute atomic E-state index is 0.283. The fraction of sp³-hybridized carbons (Fsp3) is 0.500. The summed E-state index contributed by atoms with van der Waals surface area (Å²) in [6.45, 7) is 7.25. The zero-order valence-corrected chi connectivity index (χ0v) is 13.2. The van der Waals surface area contributed by atoms with E-state index in [2.05, 4.69) is 46.5 Å². The first-order valence-corrected chi connectivity index (χ1v) is 7.66. The quantitative estimate of drug-likeness (QED) is 0.887. The van der Waals surface area contributed by atoms with E-state index in [9.17, 15) is 0 Å². The van der Waals surface area contributed by atoms with Crippen LogP contribution in [-0.2, 0) is 7.05 Å². The predicted octanol–water partition coefficient (Wildman–Crippen LogP) is 2.73. The molecule has 0 aliphatic heterocycles. The van der Waals surface area contributed by atoms with Gasteiger partial charge >= 0.3 is 0 Å². The number of hydrogen-bond donors (Lipinski definition) is 1. The molecule has 0 amide bonds. The molecule has 1 atom stereocenters. The minimum atomic E-state index is 0.283. The van der Waals surface area contributed by atoms with E-state index in [1.165, 1.54) is 0 Å². The molecule has 0 radical (unpaired) electrons. The molecule has 2 heterocycles. The fourth-order valence-corrected chi connectivity index (χ4v) is 2.56. The summed E-state index contributed by atoms with van der Waals surface area (Å²) in [5, 5.41) is 12.5. The number of nitrogens with one attached hydrogen (secondary N) is 1. The molecule has 0 spiro atoms. The van der Waals surface area contributed by atoms with Crippen molar-refractivity contribution in [3.8, 4) is 0 Å². The molecule has 0 aromatic carbocycles. The van der Waals surface area contributed by atoms with Crippen LogP contribution in [0, 0.1) is 6.92 Å². The van der Waals surface area contributed by atoms with E-state index in [-0.39, 0.29) is 6.04 Å². The molecule has 1 N–H and O–H groups in total. The number of rotatable bonds is 6. The summed E-state index contributed by atoms with van der Waals surface area (Å²) in [6.07, 6.45) is 3.03. The van der Waals surface area contributed by atoms with Crippen molar-refractivity contribution in [3.05, 3.63) is 29.8 Å². The summed E-state index contributed by atoms with van der Waals surface area (Å²) in [5.74, 6) is 0.912. The normalized spacial score (nSPS) is 12.6. The Balaban J connectivity index is 2.03. The van der Waals surface area contributed by atoms with E-state index >= 15 is 0 Å². The van der Waals surface area contributed by atoms with Crippen molar-refractivity contribution < 1.29 is 0 Å². The van der Waals surface area contributed by atoms with Crippen LogP contribution in [0.2, 0.25) is 0 Å². The Labute approximate surface area is 124 Å². The molecule has 2 rings (SSSR count). The zero-order chi connectivity index (χ0) is 14.5. The monoisotopic (exact) mass is 291 g/mol. The number of hydrogen-bond acceptors (Lipinski definition) is 5. The molecule has 2 aromatic heterocycles. The Bertz CT molecular complexity index is 549. The van der Waals surface area contributed by atoms with Crippen molar-refractivity contribution in [2.24, 2.45) is 7.05 Å². The van der Waals surface area contributed by atoms with Crippen molar-refractivity contribution >= 4 is 11.8 Å². The number of nitrogens with zero attached hydrogens (tertiary/aromatic N) is 4. The third-order valence-electron chi connectivity index (χ3n) is 3.17. The van der Waals surface area contributed by atoms with Gasteiger partial charge in [0.15, 0.2) is 5.16 Å². The van der Waals surface area contributed by atoms with Crippen LogP contribution in [0.25, 0.3) is 0 Å². The van der Waals surface area contributed by atoms with E-state index in [1.54, 1.807) is 11.8 Å². The van der Waals surface area contributed by atoms with E-state index in [0.717, 1.165) is 34.5 Å². The third kappa shape index (κ3) is 3.58. The van der Waals surface area contributed by atoms with Gasteiger partial charge in [0.2, 0.25) is 0 Å². The van der Waals surface area contributed by atoms with Gasteiger partial charge in [-0.15, -0.1) is 10.2 Å². The molecule has 0 bridgehead atoms. The van der Waals surface area contributed by atoms with Crippen molar-refractivity contribution in [1.29, 1.82) is 0 Å². The lowest BCUT2D eigenvalue weighted by atomic mass is 10.2. The number of pyridine rings is 1. The molecule has 2 aromatic rings. The minimum Gasteiger partial charge on any atom is -0.309 e. The molecule has 0 saturated heterocycles. The highest BCUT2D eigenvalue weighted by Crippen LogP contribution is 2.25. The number of aromatic nitrogens is 4. The second-order valence-corrected chi connectivity index (χ2v) is 5.83. The molecular weight excluding hydrogens is 270 g/mol. The van der Waals surface area contributed by atoms with Crippen LogP contribution in [0.3, 0.4) is 0 Å². The largest absolute Gasteiger partial charge is 0.309 e. The summed E-state index contributed by atoms with van der Waals surface area (Å²) in [4.78, 5) is 5.60. The third-order valence-corrected chi connectivity index (χ3v) is 4.18. The fourth-order valence-electron chi connectivity index (χ4n) is 1.76. The first-order valence-electron chi connectivity index (χ1n) is 6.85. The summed E-state index contributed by atoms with van der Waals surface area (Å²) in [6, 6.07) is 4.44. The van der Waals surface area contributed by atoms with E-state index < -0.39 is 0 Å². The van der Waals surface area contributed by atoms with Gasteiger partial charge < -0.3 is 9.88 Å². The molecule has 0 aliphatic carbocycles. The van der Waals surface area contributed by atoms with Gasteiger partial charge in [-0.05, 0) is 50.7 Å². The smallest absolute Gasteiger partial charge is 0.195 e. The molecule has 6 heteroatoms. The maximum atomic E-state index is 4.52. The van der Waals surface area contributed by atoms with Gasteiger partial charge in [-0.25, -0.2) is 0 Å². The van der Waals surface area contributed by atoms with Gasteiger partial charge in [0.05, 0.1) is 5.69 Å². The second kappa shape index (κ2) is 6.85. The van der Waals surface area contributed by atoms with Crippen molar-refractivity contribution in [3.63, 3.8) is 0 Å². The van der Waals surface area contributed by atoms with Gasteiger partial charge in [-0.3, -0.25) is 4.98 Å². The van der Waals surface area contributed by atoms with Crippen LogP contribution in [0.1, 0.15) is 37.8 Å². The van der Waals surface area contributed by atoms with E-state index in [1.807, 2.05) is 24.7 Å². The summed E-state index contributed by atoms with van der Waals surface area (Å²) in [7, 11) is 1.97. The highest BCUT2D eigenvalue weighted by Gasteiger charge is 2.09. The van der Waals surface area contributed by atoms with Gasteiger partial charge in [0, 0.05) is 24.2 Å². The van der Waals surface area contributed by atoms with Gasteiger partial charge in [0.1, 0.15) is 5.82 Å². The molecule has 20 heavy (non-hydrogen) atoms. The zero-order valence-electron chi connectivity index (χ0n) is 12.4. The van der Waals surface area contributed by atoms with Crippen LogP contribution in [0.15, 0.2) is 28.4 Å². The molecule has 5 nitrogen and oxygen atoms in total. The Morgan fingerprint density at radius 3 is 2.70 bits per heavy atom. The molecule has 0 saturated carbocycles. The maximum Gasteiger partial charge on any atom is 0.195 e. The summed E-state index contributed by atoms with van der Waals surface area (Å²) < 4.78 is 1.98. The van der Waals surface area contributed by atoms with Crippen LogP contribution in [-0.4, -0.2) is 26.3 Å². The molecule has 0 aliphatic rings. The van der Waals surface area contributed by atoms with Crippen molar-refractivity contribution in [2.75, 3.05) is 6.54 Å². The summed E-state index contributed by atoms with van der Waals surface area (Å²) in [5.41, 5.74) is 1.07. The van der Waals surface area contributed by atoms with Crippen LogP contribution in [0.5, 0.6) is 0 Å². The SMILES string of the molecule is CCCNC(C)c1ccc(Sc2nnc(C)n2C)cn1. The molecule has 1 unspecified atom stereocenters. The maximum absolute atomic E-state index is 4.52. The van der Waals surface area contributed by atoms with Crippen molar-refractivity contribution in [2.45, 2.75) is 43.3 Å². The Morgan fingerprint density at radius 1 is 1.35 bits per heavy atom. The lowest BCUT2D eigenvalue weighted by molar-refractivity contribution is 0.558. The van der Waals surface area contributed by atoms with Crippen LogP contribution in [0.4, 0.5) is 0 Å². The van der Waals surface area contributed by atoms with Crippen LogP contribution >= 0.6 is 11.8 Å². The van der Waals surface area contributed by atoms with Gasteiger partial charge in [0.25, 0.3) is 0 Å². The number of aryl methyl sites for hydroxylation is 1. The lowest BCUT2D eigenvalue weighted by Gasteiger charge is -2.12. The van der Waals surface area contributed by atoms with Gasteiger partial charge in [-0.1, -0.05) is 6.92 Å². The first kappa shape index (κ1) is 15.0. The highest BCUT2D eigenvalue weighted by molar-refractivity contribution is 7.99. The first-order chi connectivity index (χ1) is 9.61. The standard InChI is InChI=1S/C14H21N5S/c1-5-8-15-10(2)13-7-6-12(9-16-13)20-14-18-17-11(3)19(14)4/h6-7,9-10,15H,5,8H2,1-4H3.